The molecule has 0 aliphatic heterocycles. The highest BCUT2D eigenvalue weighted by atomic mass is 16.5. The molecule has 0 aliphatic rings. The SMILES string of the molecule is CCOC(=O)/C(=C\c1ccc(N(C)C)cc1)C(C)=O. The molecule has 0 fully saturated rings. The van der Waals surface area contributed by atoms with E-state index < -0.39 is 5.97 Å². The lowest BCUT2D eigenvalue weighted by atomic mass is 10.1. The minimum Gasteiger partial charge on any atom is -0.462 e. The van der Waals surface area contributed by atoms with Crippen LogP contribution >= 0.6 is 0 Å². The highest BCUT2D eigenvalue weighted by Gasteiger charge is 2.15. The first-order chi connectivity index (χ1) is 8.95. The van der Waals surface area contributed by atoms with E-state index in [0.29, 0.717) is 0 Å². The van der Waals surface area contributed by atoms with Gasteiger partial charge in [-0.1, -0.05) is 12.1 Å². The quantitative estimate of drug-likeness (QED) is 0.353. The fourth-order valence-electron chi connectivity index (χ4n) is 1.55. The summed E-state index contributed by atoms with van der Waals surface area (Å²) in [5.74, 6) is -0.873. The Bertz CT molecular complexity index is 487. The van der Waals surface area contributed by atoms with Crippen molar-refractivity contribution >= 4 is 23.5 Å². The summed E-state index contributed by atoms with van der Waals surface area (Å²) in [6, 6.07) is 7.57. The Morgan fingerprint density at radius 3 is 2.21 bits per heavy atom. The molecule has 1 rings (SSSR count). The minimum atomic E-state index is -0.577. The van der Waals surface area contributed by atoms with Crippen molar-refractivity contribution in [3.05, 3.63) is 35.4 Å². The molecule has 0 spiro atoms. The lowest BCUT2D eigenvalue weighted by molar-refractivity contribution is -0.139. The van der Waals surface area contributed by atoms with Crippen LogP contribution in [-0.2, 0) is 14.3 Å². The van der Waals surface area contributed by atoms with E-state index in [4.69, 9.17) is 4.74 Å². The lowest BCUT2D eigenvalue weighted by Gasteiger charge is -2.12. The first-order valence-electron chi connectivity index (χ1n) is 6.12. The standard InChI is InChI=1S/C15H19NO3/c1-5-19-15(18)14(11(2)17)10-12-6-8-13(9-7-12)16(3)4/h6-10H,5H2,1-4H3/b14-10-. The molecule has 102 valence electrons. The van der Waals surface area contributed by atoms with E-state index in [1.54, 1.807) is 13.0 Å². The molecule has 0 aromatic heterocycles. The Kier molecular flexibility index (Phi) is 5.30. The van der Waals surface area contributed by atoms with Gasteiger partial charge in [0.25, 0.3) is 0 Å². The van der Waals surface area contributed by atoms with Crippen LogP contribution in [0.25, 0.3) is 6.08 Å². The van der Waals surface area contributed by atoms with Crippen LogP contribution < -0.4 is 4.90 Å². The highest BCUT2D eigenvalue weighted by Crippen LogP contribution is 2.15. The molecule has 19 heavy (non-hydrogen) atoms. The van der Waals surface area contributed by atoms with Crippen molar-refractivity contribution in [1.82, 2.24) is 0 Å². The fourth-order valence-corrected chi connectivity index (χ4v) is 1.55. The van der Waals surface area contributed by atoms with Gasteiger partial charge in [0.15, 0.2) is 5.78 Å². The number of hydrogen-bond acceptors (Lipinski definition) is 4. The summed E-state index contributed by atoms with van der Waals surface area (Å²) < 4.78 is 4.86. The van der Waals surface area contributed by atoms with Gasteiger partial charge < -0.3 is 9.64 Å². The largest absolute Gasteiger partial charge is 0.462 e. The number of nitrogens with zero attached hydrogens (tertiary/aromatic N) is 1. The van der Waals surface area contributed by atoms with Gasteiger partial charge in [0, 0.05) is 19.8 Å². The summed E-state index contributed by atoms with van der Waals surface area (Å²) in [6.45, 7) is 3.32. The van der Waals surface area contributed by atoms with Gasteiger partial charge in [-0.2, -0.15) is 0 Å². The minimum absolute atomic E-state index is 0.0689. The number of rotatable bonds is 5. The zero-order valence-corrected chi connectivity index (χ0v) is 11.8. The molecular formula is C15H19NO3. The van der Waals surface area contributed by atoms with Crippen LogP contribution in [0, 0.1) is 0 Å². The molecule has 4 heteroatoms. The molecule has 0 aliphatic carbocycles. The zero-order chi connectivity index (χ0) is 14.4. The number of Topliss-reactive ketones (excluding diaryl/α,β-unsaturated/α-hetero) is 1. The van der Waals surface area contributed by atoms with Gasteiger partial charge in [-0.15, -0.1) is 0 Å². The Hall–Kier alpha value is -2.10. The van der Waals surface area contributed by atoms with Crippen LogP contribution in [0.2, 0.25) is 0 Å². The van der Waals surface area contributed by atoms with Crippen LogP contribution in [0.1, 0.15) is 19.4 Å². The smallest absolute Gasteiger partial charge is 0.341 e. The third-order valence-electron chi connectivity index (χ3n) is 2.60. The normalized spacial score (nSPS) is 11.1. The van der Waals surface area contributed by atoms with Crippen molar-refractivity contribution in [3.8, 4) is 0 Å². The van der Waals surface area contributed by atoms with Crippen molar-refractivity contribution in [2.24, 2.45) is 0 Å². The number of esters is 1. The molecule has 1 aromatic carbocycles. The molecule has 4 nitrogen and oxygen atoms in total. The summed E-state index contributed by atoms with van der Waals surface area (Å²) >= 11 is 0. The molecule has 0 radical (unpaired) electrons. The highest BCUT2D eigenvalue weighted by molar-refractivity contribution is 6.19. The van der Waals surface area contributed by atoms with E-state index in [2.05, 4.69) is 0 Å². The first kappa shape index (κ1) is 15.0. The fraction of sp³-hybridized carbons (Fsp3) is 0.333. The van der Waals surface area contributed by atoms with Gasteiger partial charge in [-0.3, -0.25) is 4.79 Å². The van der Waals surface area contributed by atoms with Gasteiger partial charge in [-0.25, -0.2) is 4.79 Å². The second kappa shape index (κ2) is 6.73. The maximum absolute atomic E-state index is 11.6. The lowest BCUT2D eigenvalue weighted by Crippen LogP contribution is -2.13. The third-order valence-corrected chi connectivity index (χ3v) is 2.60. The van der Waals surface area contributed by atoms with Gasteiger partial charge >= 0.3 is 5.97 Å². The van der Waals surface area contributed by atoms with E-state index in [-0.39, 0.29) is 18.0 Å². The maximum Gasteiger partial charge on any atom is 0.341 e. The summed E-state index contributed by atoms with van der Waals surface area (Å²) in [6.07, 6.45) is 1.56. The van der Waals surface area contributed by atoms with Crippen molar-refractivity contribution in [1.29, 1.82) is 0 Å². The molecule has 0 unspecified atom stereocenters. The molecule has 0 bridgehead atoms. The van der Waals surface area contributed by atoms with Crippen molar-refractivity contribution in [2.45, 2.75) is 13.8 Å². The van der Waals surface area contributed by atoms with Crippen molar-refractivity contribution in [2.75, 3.05) is 25.6 Å². The summed E-state index contributed by atoms with van der Waals surface area (Å²) in [7, 11) is 3.90. The van der Waals surface area contributed by atoms with E-state index >= 15 is 0 Å². The van der Waals surface area contributed by atoms with Crippen LogP contribution in [0.4, 0.5) is 5.69 Å². The summed E-state index contributed by atoms with van der Waals surface area (Å²) in [4.78, 5) is 25.1. The number of benzene rings is 1. The molecule has 0 saturated heterocycles. The Labute approximate surface area is 113 Å². The van der Waals surface area contributed by atoms with Crippen molar-refractivity contribution < 1.29 is 14.3 Å². The predicted octanol–water partition coefficient (Wildman–Crippen LogP) is 2.29. The van der Waals surface area contributed by atoms with Gasteiger partial charge in [0.1, 0.15) is 5.57 Å². The van der Waals surface area contributed by atoms with Gasteiger partial charge in [-0.05, 0) is 37.6 Å². The summed E-state index contributed by atoms with van der Waals surface area (Å²) in [5.41, 5.74) is 1.92. The van der Waals surface area contributed by atoms with E-state index in [1.807, 2.05) is 43.3 Å². The average Bonchev–Trinajstić information content (AvgIpc) is 2.36. The maximum atomic E-state index is 11.6. The molecule has 0 amide bonds. The number of carbonyl (C=O) groups excluding carboxylic acids is 2. The Morgan fingerprint density at radius 1 is 1.21 bits per heavy atom. The van der Waals surface area contributed by atoms with Crippen LogP contribution in [0.15, 0.2) is 29.8 Å². The molecule has 0 atom stereocenters. The van der Waals surface area contributed by atoms with E-state index in [9.17, 15) is 9.59 Å². The Morgan fingerprint density at radius 2 is 1.79 bits per heavy atom. The predicted molar refractivity (Wildman–Crippen MR) is 76.1 cm³/mol. The third kappa shape index (κ3) is 4.25. The van der Waals surface area contributed by atoms with Crippen LogP contribution in [0.3, 0.4) is 0 Å². The summed E-state index contributed by atoms with van der Waals surface area (Å²) in [5, 5.41) is 0. The van der Waals surface area contributed by atoms with E-state index in [0.717, 1.165) is 11.3 Å². The molecular weight excluding hydrogens is 242 g/mol. The monoisotopic (exact) mass is 261 g/mol. The second-order valence-electron chi connectivity index (χ2n) is 4.32. The number of ketones is 1. The molecule has 0 saturated carbocycles. The molecule has 0 N–H and O–H groups in total. The Balaban J connectivity index is 3.02. The average molecular weight is 261 g/mol. The first-order valence-corrected chi connectivity index (χ1v) is 6.12. The van der Waals surface area contributed by atoms with Crippen LogP contribution in [-0.4, -0.2) is 32.5 Å². The number of ether oxygens (including phenoxy) is 1. The zero-order valence-electron chi connectivity index (χ0n) is 11.8. The molecule has 1 aromatic rings. The van der Waals surface area contributed by atoms with Crippen molar-refractivity contribution in [3.63, 3.8) is 0 Å². The van der Waals surface area contributed by atoms with E-state index in [1.165, 1.54) is 6.92 Å². The number of carbonyl (C=O) groups is 2. The molecule has 0 heterocycles. The number of hydrogen-bond donors (Lipinski definition) is 0. The van der Waals surface area contributed by atoms with Gasteiger partial charge in [0.05, 0.1) is 6.61 Å². The van der Waals surface area contributed by atoms with Crippen LogP contribution in [0.5, 0.6) is 0 Å². The topological polar surface area (TPSA) is 46.6 Å². The van der Waals surface area contributed by atoms with Gasteiger partial charge in [0.2, 0.25) is 0 Å². The second-order valence-corrected chi connectivity index (χ2v) is 4.32. The number of anilines is 1.